The minimum atomic E-state index is -0.0351. The number of nitrogens with zero attached hydrogens (tertiary/aromatic N) is 3. The Labute approximate surface area is 145 Å². The van der Waals surface area contributed by atoms with Crippen LogP contribution in [0.3, 0.4) is 0 Å². The van der Waals surface area contributed by atoms with Gasteiger partial charge in [-0.1, -0.05) is 5.16 Å². The van der Waals surface area contributed by atoms with E-state index in [1.807, 2.05) is 19.1 Å². The molecule has 0 spiro atoms. The molecule has 1 saturated carbocycles. The average Bonchev–Trinajstić information content (AvgIpc) is 3.32. The van der Waals surface area contributed by atoms with Crippen LogP contribution in [0.5, 0.6) is 11.5 Å². The van der Waals surface area contributed by atoms with Crippen LogP contribution in [0.4, 0.5) is 0 Å². The third-order valence-electron chi connectivity index (χ3n) is 4.48. The number of aromatic nitrogens is 2. The van der Waals surface area contributed by atoms with Gasteiger partial charge in [0.25, 0.3) is 5.91 Å². The molecule has 1 amide bonds. The largest absolute Gasteiger partial charge is 0.494 e. The molecule has 0 unspecified atom stereocenters. The number of hydrogen-bond acceptors (Lipinski definition) is 6. The summed E-state index contributed by atoms with van der Waals surface area (Å²) in [6, 6.07) is 7.26. The molecule has 7 heteroatoms. The van der Waals surface area contributed by atoms with E-state index >= 15 is 0 Å². The maximum absolute atomic E-state index is 12.2. The molecule has 4 rings (SSSR count). The van der Waals surface area contributed by atoms with Crippen molar-refractivity contribution in [2.24, 2.45) is 0 Å². The summed E-state index contributed by atoms with van der Waals surface area (Å²) in [4.78, 5) is 18.4. The van der Waals surface area contributed by atoms with E-state index in [-0.39, 0.29) is 18.4 Å². The van der Waals surface area contributed by atoms with Crippen LogP contribution in [0.2, 0.25) is 0 Å². The number of benzene rings is 1. The SMILES string of the molecule is CCOc1ccc(OCC(=O)N2CC(c3nc(C4CC4)no3)C2)cc1. The van der Waals surface area contributed by atoms with Crippen LogP contribution < -0.4 is 9.47 Å². The van der Waals surface area contributed by atoms with Crippen molar-refractivity contribution in [1.29, 1.82) is 0 Å². The second-order valence-electron chi connectivity index (χ2n) is 6.45. The molecule has 1 aromatic heterocycles. The van der Waals surface area contributed by atoms with E-state index in [1.165, 1.54) is 0 Å². The van der Waals surface area contributed by atoms with Crippen molar-refractivity contribution in [1.82, 2.24) is 15.0 Å². The van der Waals surface area contributed by atoms with Crippen LogP contribution in [0, 0.1) is 0 Å². The quantitative estimate of drug-likeness (QED) is 0.768. The van der Waals surface area contributed by atoms with E-state index in [0.29, 0.717) is 37.3 Å². The highest BCUT2D eigenvalue weighted by Crippen LogP contribution is 2.39. The molecule has 1 aromatic carbocycles. The van der Waals surface area contributed by atoms with Crippen molar-refractivity contribution in [2.45, 2.75) is 31.6 Å². The number of amides is 1. The summed E-state index contributed by atoms with van der Waals surface area (Å²) in [5, 5.41) is 4.02. The van der Waals surface area contributed by atoms with E-state index in [1.54, 1.807) is 17.0 Å². The molecule has 2 aromatic rings. The molecule has 1 saturated heterocycles. The molecule has 1 aliphatic carbocycles. The second kappa shape index (κ2) is 6.74. The van der Waals surface area contributed by atoms with Gasteiger partial charge in [0.2, 0.25) is 5.89 Å². The highest BCUT2D eigenvalue weighted by Gasteiger charge is 2.37. The molecular weight excluding hydrogens is 322 g/mol. The molecule has 2 fully saturated rings. The van der Waals surface area contributed by atoms with Crippen molar-refractivity contribution in [3.05, 3.63) is 36.0 Å². The number of rotatable bonds is 7. The highest BCUT2D eigenvalue weighted by atomic mass is 16.5. The Hall–Kier alpha value is -2.57. The number of carbonyl (C=O) groups is 1. The Bertz CT molecular complexity index is 733. The number of carbonyl (C=O) groups excluding carboxylic acids is 1. The standard InChI is InChI=1S/C18H21N3O4/c1-2-23-14-5-7-15(8-6-14)24-11-16(22)21-9-13(10-21)18-19-17(20-25-18)12-3-4-12/h5-8,12-13H,2-4,9-11H2,1H3. The van der Waals surface area contributed by atoms with Gasteiger partial charge >= 0.3 is 0 Å². The van der Waals surface area contributed by atoms with Gasteiger partial charge in [0.15, 0.2) is 12.4 Å². The fourth-order valence-corrected chi connectivity index (χ4v) is 2.79. The fourth-order valence-electron chi connectivity index (χ4n) is 2.79. The van der Waals surface area contributed by atoms with Crippen LogP contribution in [-0.2, 0) is 4.79 Å². The third kappa shape index (κ3) is 3.60. The predicted molar refractivity (Wildman–Crippen MR) is 88.7 cm³/mol. The van der Waals surface area contributed by atoms with E-state index in [2.05, 4.69) is 10.1 Å². The van der Waals surface area contributed by atoms with Crippen molar-refractivity contribution in [3.63, 3.8) is 0 Å². The van der Waals surface area contributed by atoms with Gasteiger partial charge in [-0.05, 0) is 44.0 Å². The maximum Gasteiger partial charge on any atom is 0.260 e. The first-order chi connectivity index (χ1) is 12.2. The number of hydrogen-bond donors (Lipinski definition) is 0. The Kier molecular flexibility index (Phi) is 4.29. The van der Waals surface area contributed by atoms with Crippen LogP contribution in [-0.4, -0.2) is 47.3 Å². The first-order valence-electron chi connectivity index (χ1n) is 8.70. The van der Waals surface area contributed by atoms with E-state index < -0.39 is 0 Å². The van der Waals surface area contributed by atoms with Gasteiger partial charge in [-0.25, -0.2) is 0 Å². The molecule has 0 bridgehead atoms. The van der Waals surface area contributed by atoms with Gasteiger partial charge < -0.3 is 18.9 Å². The molecule has 0 radical (unpaired) electrons. The average molecular weight is 343 g/mol. The molecule has 2 aliphatic rings. The zero-order chi connectivity index (χ0) is 17.2. The molecule has 2 heterocycles. The minimum Gasteiger partial charge on any atom is -0.494 e. The molecule has 0 atom stereocenters. The van der Waals surface area contributed by atoms with E-state index in [0.717, 1.165) is 24.4 Å². The van der Waals surface area contributed by atoms with Crippen molar-refractivity contribution in [3.8, 4) is 11.5 Å². The molecule has 7 nitrogen and oxygen atoms in total. The van der Waals surface area contributed by atoms with Gasteiger partial charge in [0, 0.05) is 19.0 Å². The molecule has 0 N–H and O–H groups in total. The lowest BCUT2D eigenvalue weighted by atomic mass is 10.0. The van der Waals surface area contributed by atoms with Crippen LogP contribution in [0.15, 0.2) is 28.8 Å². The Morgan fingerprint density at radius 2 is 1.84 bits per heavy atom. The van der Waals surface area contributed by atoms with E-state index in [4.69, 9.17) is 14.0 Å². The molecular formula is C18H21N3O4. The summed E-state index contributed by atoms with van der Waals surface area (Å²) < 4.78 is 16.2. The lowest BCUT2D eigenvalue weighted by Crippen LogP contribution is -2.50. The van der Waals surface area contributed by atoms with Crippen LogP contribution in [0.1, 0.15) is 43.3 Å². The fraction of sp³-hybridized carbons (Fsp3) is 0.500. The summed E-state index contributed by atoms with van der Waals surface area (Å²) in [6.07, 6.45) is 2.30. The monoisotopic (exact) mass is 343 g/mol. The van der Waals surface area contributed by atoms with Crippen molar-refractivity contribution in [2.75, 3.05) is 26.3 Å². The van der Waals surface area contributed by atoms with Gasteiger partial charge in [-0.3, -0.25) is 4.79 Å². The Morgan fingerprint density at radius 1 is 1.16 bits per heavy atom. The molecule has 1 aliphatic heterocycles. The second-order valence-corrected chi connectivity index (χ2v) is 6.45. The van der Waals surface area contributed by atoms with Gasteiger partial charge in [0.05, 0.1) is 12.5 Å². The minimum absolute atomic E-state index is 0.0257. The zero-order valence-electron chi connectivity index (χ0n) is 14.2. The van der Waals surface area contributed by atoms with Crippen molar-refractivity contribution >= 4 is 5.91 Å². The molecule has 132 valence electrons. The highest BCUT2D eigenvalue weighted by molar-refractivity contribution is 5.78. The Morgan fingerprint density at radius 3 is 2.48 bits per heavy atom. The zero-order valence-corrected chi connectivity index (χ0v) is 14.2. The van der Waals surface area contributed by atoms with Crippen LogP contribution >= 0.6 is 0 Å². The summed E-state index contributed by atoms with van der Waals surface area (Å²) in [5.74, 6) is 3.51. The summed E-state index contributed by atoms with van der Waals surface area (Å²) in [6.45, 7) is 3.80. The lowest BCUT2D eigenvalue weighted by molar-refractivity contribution is -0.138. The predicted octanol–water partition coefficient (Wildman–Crippen LogP) is 2.35. The van der Waals surface area contributed by atoms with E-state index in [9.17, 15) is 4.79 Å². The first-order valence-corrected chi connectivity index (χ1v) is 8.70. The summed E-state index contributed by atoms with van der Waals surface area (Å²) in [7, 11) is 0. The number of ether oxygens (including phenoxy) is 2. The maximum atomic E-state index is 12.2. The Balaban J connectivity index is 1.22. The first kappa shape index (κ1) is 15.9. The lowest BCUT2D eigenvalue weighted by Gasteiger charge is -2.36. The molecule has 25 heavy (non-hydrogen) atoms. The number of likely N-dealkylation sites (tertiary alicyclic amines) is 1. The topological polar surface area (TPSA) is 77.7 Å². The van der Waals surface area contributed by atoms with Crippen LogP contribution in [0.25, 0.3) is 0 Å². The summed E-state index contributed by atoms with van der Waals surface area (Å²) in [5.41, 5.74) is 0. The normalized spacial score (nSPS) is 17.2. The van der Waals surface area contributed by atoms with Gasteiger partial charge in [-0.15, -0.1) is 0 Å². The summed E-state index contributed by atoms with van der Waals surface area (Å²) >= 11 is 0. The third-order valence-corrected chi connectivity index (χ3v) is 4.48. The van der Waals surface area contributed by atoms with Gasteiger partial charge in [-0.2, -0.15) is 4.98 Å². The smallest absolute Gasteiger partial charge is 0.260 e. The van der Waals surface area contributed by atoms with Crippen molar-refractivity contribution < 1.29 is 18.8 Å². The van der Waals surface area contributed by atoms with Gasteiger partial charge in [0.1, 0.15) is 11.5 Å².